The van der Waals surface area contributed by atoms with Gasteiger partial charge in [-0.1, -0.05) is 18.2 Å². The van der Waals surface area contributed by atoms with Crippen molar-refractivity contribution in [1.29, 1.82) is 0 Å². The first-order valence-electron chi connectivity index (χ1n) is 17.4. The van der Waals surface area contributed by atoms with Crippen LogP contribution in [0.25, 0.3) is 33.5 Å². The van der Waals surface area contributed by atoms with Gasteiger partial charge < -0.3 is 19.6 Å². The lowest BCUT2D eigenvalue weighted by atomic mass is 9.91. The number of hydrogen-bond acceptors (Lipinski definition) is 8. The fourth-order valence-electron chi connectivity index (χ4n) is 7.22. The van der Waals surface area contributed by atoms with Crippen LogP contribution in [0, 0.1) is 11.6 Å². The molecule has 4 heterocycles. The number of methoxy groups -OCH3 is 1. The van der Waals surface area contributed by atoms with Crippen molar-refractivity contribution >= 4 is 16.7 Å². The third kappa shape index (κ3) is 7.11. The summed E-state index contributed by atoms with van der Waals surface area (Å²) in [5.74, 6) is -0.867. The highest BCUT2D eigenvalue weighted by molar-refractivity contribution is 5.77. The number of fused-ring (bicyclic) bond motifs is 2. The lowest BCUT2D eigenvalue weighted by Crippen LogP contribution is -2.44. The van der Waals surface area contributed by atoms with E-state index in [4.69, 9.17) is 4.74 Å². The van der Waals surface area contributed by atoms with Gasteiger partial charge in [-0.3, -0.25) is 14.3 Å². The summed E-state index contributed by atoms with van der Waals surface area (Å²) >= 11 is 0. The molecular formula is C39H41F2N7O4. The molecule has 11 nitrogen and oxygen atoms in total. The van der Waals surface area contributed by atoms with Crippen LogP contribution in [-0.4, -0.2) is 66.4 Å². The molecular weight excluding hydrogens is 668 g/mol. The Labute approximate surface area is 298 Å². The molecule has 1 aliphatic rings. The fraction of sp³-hybridized carbons (Fsp3) is 0.333. The maximum atomic E-state index is 14.6. The summed E-state index contributed by atoms with van der Waals surface area (Å²) < 4.78 is 37.9. The Morgan fingerprint density at radius 1 is 1.02 bits per heavy atom. The average Bonchev–Trinajstić information content (AvgIpc) is 3.54. The summed E-state index contributed by atoms with van der Waals surface area (Å²) in [5.41, 5.74) is 3.42. The van der Waals surface area contributed by atoms with Gasteiger partial charge in [0.05, 0.1) is 29.6 Å². The third-order valence-corrected chi connectivity index (χ3v) is 10.1. The van der Waals surface area contributed by atoms with Crippen LogP contribution in [0.2, 0.25) is 0 Å². The number of nitrogens with one attached hydrogen (secondary N) is 1. The molecule has 0 radical (unpaired) electrons. The molecule has 1 saturated carbocycles. The molecule has 0 amide bonds. The van der Waals surface area contributed by atoms with E-state index >= 15 is 0 Å². The normalized spacial score (nSPS) is 17.0. The van der Waals surface area contributed by atoms with Gasteiger partial charge in [-0.05, 0) is 98.8 Å². The van der Waals surface area contributed by atoms with Crippen LogP contribution in [0.5, 0.6) is 5.75 Å². The average molecular weight is 710 g/mol. The first-order valence-corrected chi connectivity index (χ1v) is 17.4. The maximum absolute atomic E-state index is 14.6. The number of aromatic hydroxyl groups is 1. The first-order chi connectivity index (χ1) is 25.1. The molecule has 6 aromatic rings. The Morgan fingerprint density at radius 2 is 1.83 bits per heavy atom. The molecule has 4 aromatic heterocycles. The van der Waals surface area contributed by atoms with Crippen molar-refractivity contribution in [3.63, 3.8) is 0 Å². The van der Waals surface area contributed by atoms with Gasteiger partial charge in [0.25, 0.3) is 5.56 Å². The molecule has 1 fully saturated rings. The Hall–Kier alpha value is -5.24. The highest BCUT2D eigenvalue weighted by atomic mass is 19.1. The number of nitrogens with zero attached hydrogens (tertiary/aromatic N) is 6. The number of halogens is 2. The summed E-state index contributed by atoms with van der Waals surface area (Å²) in [5, 5.41) is 13.9. The number of rotatable bonds is 11. The van der Waals surface area contributed by atoms with Crippen molar-refractivity contribution in [2.24, 2.45) is 0 Å². The number of benzene rings is 2. The van der Waals surface area contributed by atoms with Gasteiger partial charge in [-0.2, -0.15) is 0 Å². The number of hydrogen-bond donors (Lipinski definition) is 2. The number of pyridine rings is 2. The summed E-state index contributed by atoms with van der Waals surface area (Å²) in [6.45, 7) is 3.63. The number of aromatic nitrogens is 5. The molecule has 13 heteroatoms. The van der Waals surface area contributed by atoms with Crippen LogP contribution in [0.4, 0.5) is 8.78 Å². The van der Waals surface area contributed by atoms with Gasteiger partial charge in [0.1, 0.15) is 23.0 Å². The largest absolute Gasteiger partial charge is 0.508 e. The molecule has 2 N–H and O–H groups in total. The van der Waals surface area contributed by atoms with Crippen LogP contribution in [0.15, 0.2) is 88.8 Å². The highest BCUT2D eigenvalue weighted by Gasteiger charge is 2.27. The quantitative estimate of drug-likeness (QED) is 0.179. The Bertz CT molecular complexity index is 2360. The van der Waals surface area contributed by atoms with Crippen molar-refractivity contribution in [3.05, 3.63) is 123 Å². The molecule has 2 aromatic carbocycles. The molecule has 270 valence electrons. The molecule has 7 rings (SSSR count). The zero-order valence-electron chi connectivity index (χ0n) is 29.3. The maximum Gasteiger partial charge on any atom is 0.337 e. The molecule has 0 bridgehead atoms. The van der Waals surface area contributed by atoms with Gasteiger partial charge in [-0.15, -0.1) is 0 Å². The third-order valence-electron chi connectivity index (χ3n) is 10.1. The SMILES string of the molecule is COC[C@H](C)N(C)Cc1cc(O)ccc1-c1cccc(-n2c(=O)n(C3CCC(NCc4cn5cc(F)ccc5n4)CC3)c(=O)c3cc(F)cnc32)c1. The predicted octanol–water partition coefficient (Wildman–Crippen LogP) is 5.59. The van der Waals surface area contributed by atoms with Gasteiger partial charge in [-0.25, -0.2) is 28.1 Å². The number of imidazole rings is 1. The van der Waals surface area contributed by atoms with E-state index in [0.29, 0.717) is 56.7 Å². The van der Waals surface area contributed by atoms with E-state index in [-0.39, 0.29) is 34.7 Å². The van der Waals surface area contributed by atoms with Crippen molar-refractivity contribution in [3.8, 4) is 22.6 Å². The van der Waals surface area contributed by atoms with Crippen molar-refractivity contribution < 1.29 is 18.6 Å². The Kier molecular flexibility index (Phi) is 10.00. The number of phenolic OH excluding ortho intramolecular Hbond substituents is 1. The summed E-state index contributed by atoms with van der Waals surface area (Å²) in [7, 11) is 3.65. The van der Waals surface area contributed by atoms with E-state index in [2.05, 4.69) is 27.1 Å². The summed E-state index contributed by atoms with van der Waals surface area (Å²) in [6.07, 6.45) is 6.71. The predicted molar refractivity (Wildman–Crippen MR) is 195 cm³/mol. The van der Waals surface area contributed by atoms with Gasteiger partial charge in [0.15, 0.2) is 5.65 Å². The van der Waals surface area contributed by atoms with Crippen molar-refractivity contribution in [2.75, 3.05) is 20.8 Å². The van der Waals surface area contributed by atoms with E-state index in [9.17, 15) is 23.5 Å². The second-order valence-electron chi connectivity index (χ2n) is 13.7. The van der Waals surface area contributed by atoms with Crippen molar-refractivity contribution in [2.45, 2.75) is 63.8 Å². The van der Waals surface area contributed by atoms with E-state index in [1.807, 2.05) is 31.3 Å². The number of phenols is 1. The van der Waals surface area contributed by atoms with Crippen LogP contribution in [-0.2, 0) is 17.8 Å². The highest BCUT2D eigenvalue weighted by Crippen LogP contribution is 2.31. The second-order valence-corrected chi connectivity index (χ2v) is 13.7. The Morgan fingerprint density at radius 3 is 2.62 bits per heavy atom. The molecule has 0 saturated heterocycles. The molecule has 1 atom stereocenters. The minimum Gasteiger partial charge on any atom is -0.508 e. The number of ether oxygens (including phenoxy) is 1. The number of likely N-dealkylation sites (N-methyl/N-ethyl adjacent to an activating group) is 1. The molecule has 0 aliphatic heterocycles. The Balaban J connectivity index is 1.19. The van der Waals surface area contributed by atoms with Gasteiger partial charge in [0.2, 0.25) is 0 Å². The topological polar surface area (TPSA) is 119 Å². The van der Waals surface area contributed by atoms with E-state index in [1.165, 1.54) is 21.4 Å². The molecule has 52 heavy (non-hydrogen) atoms. The summed E-state index contributed by atoms with van der Waals surface area (Å²) in [4.78, 5) is 39.2. The first kappa shape index (κ1) is 35.2. The minimum atomic E-state index is -0.668. The van der Waals surface area contributed by atoms with Crippen LogP contribution in [0.1, 0.15) is 49.9 Å². The monoisotopic (exact) mass is 709 g/mol. The van der Waals surface area contributed by atoms with E-state index < -0.39 is 23.1 Å². The van der Waals surface area contributed by atoms with Crippen LogP contribution in [0.3, 0.4) is 0 Å². The molecule has 0 unspecified atom stereocenters. The minimum absolute atomic E-state index is 0.0209. The van der Waals surface area contributed by atoms with Crippen molar-refractivity contribution in [1.82, 2.24) is 33.7 Å². The zero-order valence-corrected chi connectivity index (χ0v) is 29.3. The van der Waals surface area contributed by atoms with E-state index in [0.717, 1.165) is 34.6 Å². The molecule has 0 spiro atoms. The standard InChI is InChI=1S/C39H41F2N7O4/c1-24(23-52-3)45(2)20-26-16-33(49)12-13-34(26)25-5-4-6-32(15-25)47-37-35(17-28(41)18-43-37)38(50)48(39(47)51)31-10-8-29(9-11-31)42-19-30-22-46-21-27(40)7-14-36(46)44-30/h4-7,12-18,21-22,24,29,31,42,49H,8-11,19-20,23H2,1-3H3/t24-,29?,31?/m0/s1. The van der Waals surface area contributed by atoms with Crippen LogP contribution >= 0.6 is 0 Å². The summed E-state index contributed by atoms with van der Waals surface area (Å²) in [6, 6.07) is 16.6. The van der Waals surface area contributed by atoms with E-state index in [1.54, 1.807) is 42.0 Å². The smallest absolute Gasteiger partial charge is 0.337 e. The van der Waals surface area contributed by atoms with Crippen LogP contribution < -0.4 is 16.6 Å². The molecule has 1 aliphatic carbocycles. The second kappa shape index (κ2) is 14.8. The zero-order chi connectivity index (χ0) is 36.5. The van der Waals surface area contributed by atoms with Gasteiger partial charge >= 0.3 is 5.69 Å². The van der Waals surface area contributed by atoms with Gasteiger partial charge in [0, 0.05) is 50.7 Å². The lowest BCUT2D eigenvalue weighted by Gasteiger charge is -2.30. The fourth-order valence-corrected chi connectivity index (χ4v) is 7.22. The lowest BCUT2D eigenvalue weighted by molar-refractivity contribution is 0.112.